The number of amides is 3. The molecular weight excluding hydrogens is 826 g/mol. The Bertz CT molecular complexity index is 2190. The number of fused-ring (bicyclic) bond motifs is 3. The summed E-state index contributed by atoms with van der Waals surface area (Å²) in [5.41, 5.74) is -0.393. The minimum absolute atomic E-state index is 0.1000. The molecule has 2 saturated carbocycles. The van der Waals surface area contributed by atoms with Gasteiger partial charge in [-0.15, -0.1) is 11.3 Å². The van der Waals surface area contributed by atoms with Gasteiger partial charge >= 0.3 is 29.9 Å². The number of rotatable bonds is 9. The molecule has 0 radical (unpaired) electrons. The van der Waals surface area contributed by atoms with Crippen molar-refractivity contribution in [3.05, 3.63) is 47.0 Å². The molecule has 19 heteroatoms. The van der Waals surface area contributed by atoms with E-state index in [1.54, 1.807) is 25.1 Å². The number of alkyl halides is 7. The predicted octanol–water partition coefficient (Wildman–Crippen LogP) is 8.28. The number of hydrogen-bond donors (Lipinski definition) is 0. The summed E-state index contributed by atoms with van der Waals surface area (Å²) in [6, 6.07) is 4.96. The van der Waals surface area contributed by atoms with Gasteiger partial charge < -0.3 is 19.1 Å². The van der Waals surface area contributed by atoms with E-state index in [0.29, 0.717) is 52.2 Å². The van der Waals surface area contributed by atoms with Gasteiger partial charge in [-0.2, -0.15) is 30.7 Å². The van der Waals surface area contributed by atoms with Gasteiger partial charge in [0.05, 0.1) is 36.8 Å². The van der Waals surface area contributed by atoms with Gasteiger partial charge in [0, 0.05) is 41.9 Å². The third-order valence-corrected chi connectivity index (χ3v) is 12.3. The first-order valence-corrected chi connectivity index (χ1v) is 20.4. The standard InChI is InChI=1S/C41H45F7N4O7S/c1-7-58-37(56)38-19-23(38)12-10-8-9-11-15-51(5)34(53)26-16-24(17-27(26)35(54)52(38)36(55)39(42,43)40(44,45)41(46,47)48)59-31-18-28(33-50-29(20-60-33)21(2)3)49-32-22(4)30(57-6)14-13-25(31)32/h10,12-14,18,20-21,23-24,26-27H,7-9,11,15-17,19H2,1-6H3/t23-,24+,26-,27-,38-/m1/s1. The normalized spacial score (nSPS) is 24.3. The molecule has 3 aromatic rings. The van der Waals surface area contributed by atoms with Crippen LogP contribution in [0.3, 0.4) is 0 Å². The lowest BCUT2D eigenvalue weighted by Crippen LogP contribution is -2.65. The molecule has 1 aliphatic heterocycles. The van der Waals surface area contributed by atoms with Crippen LogP contribution < -0.4 is 9.47 Å². The molecular formula is C41H45F7N4O7S. The highest BCUT2D eigenvalue weighted by molar-refractivity contribution is 7.13. The first-order chi connectivity index (χ1) is 28.1. The van der Waals surface area contributed by atoms with Gasteiger partial charge in [0.25, 0.3) is 0 Å². The molecule has 11 nitrogen and oxygen atoms in total. The zero-order valence-electron chi connectivity index (χ0n) is 33.7. The van der Waals surface area contributed by atoms with Gasteiger partial charge in [-0.25, -0.2) is 14.8 Å². The average Bonchev–Trinajstić information content (AvgIpc) is 3.48. The Kier molecular flexibility index (Phi) is 12.4. The number of aromatic nitrogens is 2. The molecule has 3 heterocycles. The highest BCUT2D eigenvalue weighted by Crippen LogP contribution is 2.56. The van der Waals surface area contributed by atoms with E-state index in [1.165, 1.54) is 49.5 Å². The van der Waals surface area contributed by atoms with Crippen LogP contribution in [-0.4, -0.2) is 100 Å². The van der Waals surface area contributed by atoms with Crippen molar-refractivity contribution in [1.29, 1.82) is 0 Å². The molecule has 0 spiro atoms. The van der Waals surface area contributed by atoms with Gasteiger partial charge in [-0.3, -0.25) is 19.3 Å². The van der Waals surface area contributed by atoms with Gasteiger partial charge in [-0.05, 0) is 70.4 Å². The number of benzene rings is 1. The van der Waals surface area contributed by atoms with Crippen molar-refractivity contribution in [1.82, 2.24) is 19.8 Å². The monoisotopic (exact) mass is 870 g/mol. The molecule has 3 amide bonds. The first-order valence-electron chi connectivity index (χ1n) is 19.5. The SMILES string of the molecule is CCOC(=O)[C@@]12C[C@H]1C=CCCCCN(C)C(=O)[C@@H]1C[C@H](Oc3cc(-c4nc(C(C)C)cs4)nc4c(C)c(OC)ccc34)C[C@H]1C(=O)N2C(=O)C(F)(F)C(F)(F)C(F)(F)F. The van der Waals surface area contributed by atoms with E-state index in [4.69, 9.17) is 24.2 Å². The maximum Gasteiger partial charge on any atom is 0.460 e. The van der Waals surface area contributed by atoms with Crippen molar-refractivity contribution >= 4 is 45.9 Å². The lowest BCUT2D eigenvalue weighted by molar-refractivity contribution is -0.346. The van der Waals surface area contributed by atoms with E-state index < -0.39 is 95.5 Å². The van der Waals surface area contributed by atoms with E-state index >= 15 is 8.78 Å². The summed E-state index contributed by atoms with van der Waals surface area (Å²) in [5.74, 6) is -24.3. The summed E-state index contributed by atoms with van der Waals surface area (Å²) in [4.78, 5) is 66.9. The maximum absolute atomic E-state index is 15.5. The number of hydrogen-bond acceptors (Lipinski definition) is 10. The second-order valence-corrected chi connectivity index (χ2v) is 16.6. The number of pyridine rings is 1. The number of carbonyl (C=O) groups excluding carboxylic acids is 4. The van der Waals surface area contributed by atoms with Crippen LogP contribution in [0.2, 0.25) is 0 Å². The van der Waals surface area contributed by atoms with E-state index in [2.05, 4.69) is 0 Å². The second-order valence-electron chi connectivity index (χ2n) is 15.7. The van der Waals surface area contributed by atoms with Crippen LogP contribution in [0, 0.1) is 24.7 Å². The van der Waals surface area contributed by atoms with Crippen molar-refractivity contribution in [2.24, 2.45) is 17.8 Å². The largest absolute Gasteiger partial charge is 0.496 e. The molecule has 6 rings (SSSR count). The van der Waals surface area contributed by atoms with E-state index in [-0.39, 0.29) is 24.6 Å². The molecule has 2 fully saturated rings. The Hall–Kier alpha value is -4.81. The van der Waals surface area contributed by atoms with Crippen LogP contribution in [-0.2, 0) is 23.9 Å². The molecule has 2 aliphatic carbocycles. The lowest BCUT2D eigenvalue weighted by atomic mass is 9.91. The number of allylic oxidation sites excluding steroid dienone is 1. The highest BCUT2D eigenvalue weighted by atomic mass is 32.1. The molecule has 0 unspecified atom stereocenters. The molecule has 1 aromatic carbocycles. The molecule has 5 atom stereocenters. The van der Waals surface area contributed by atoms with Gasteiger partial charge in [0.2, 0.25) is 11.8 Å². The van der Waals surface area contributed by atoms with Crippen LogP contribution in [0.5, 0.6) is 11.5 Å². The van der Waals surface area contributed by atoms with Gasteiger partial charge in [-0.1, -0.05) is 26.0 Å². The second kappa shape index (κ2) is 16.6. The molecule has 0 bridgehead atoms. The van der Waals surface area contributed by atoms with Crippen molar-refractivity contribution in [2.75, 3.05) is 27.3 Å². The summed E-state index contributed by atoms with van der Waals surface area (Å²) in [5, 5.41) is 2.91. The molecule has 0 N–H and O–H groups in total. The molecule has 2 aromatic heterocycles. The topological polar surface area (TPSA) is 128 Å². The summed E-state index contributed by atoms with van der Waals surface area (Å²) in [7, 11) is 2.93. The number of carbonyl (C=O) groups is 4. The first kappa shape index (κ1) is 44.7. The lowest BCUT2D eigenvalue weighted by Gasteiger charge is -2.37. The Morgan fingerprint density at radius 1 is 1.00 bits per heavy atom. The smallest absolute Gasteiger partial charge is 0.460 e. The summed E-state index contributed by atoms with van der Waals surface area (Å²) < 4.78 is 118. The van der Waals surface area contributed by atoms with Crippen LogP contribution in [0.4, 0.5) is 30.7 Å². The van der Waals surface area contributed by atoms with Crippen LogP contribution >= 0.6 is 11.3 Å². The van der Waals surface area contributed by atoms with Gasteiger partial charge in [0.15, 0.2) is 5.54 Å². The Labute approximate surface area is 345 Å². The quantitative estimate of drug-likeness (QED) is 0.119. The number of halogens is 7. The number of ether oxygens (including phenoxy) is 3. The Balaban J connectivity index is 1.48. The number of thiazole rings is 1. The highest BCUT2D eigenvalue weighted by Gasteiger charge is 2.80. The Morgan fingerprint density at radius 2 is 1.68 bits per heavy atom. The minimum Gasteiger partial charge on any atom is -0.496 e. The predicted molar refractivity (Wildman–Crippen MR) is 205 cm³/mol. The third kappa shape index (κ3) is 7.81. The molecule has 0 saturated heterocycles. The maximum atomic E-state index is 15.5. The van der Waals surface area contributed by atoms with Crippen molar-refractivity contribution in [3.63, 3.8) is 0 Å². The summed E-state index contributed by atoms with van der Waals surface area (Å²) in [6.07, 6.45) is -5.19. The number of methoxy groups -OCH3 is 1. The summed E-state index contributed by atoms with van der Waals surface area (Å²) >= 11 is 1.34. The fourth-order valence-corrected chi connectivity index (χ4v) is 8.93. The van der Waals surface area contributed by atoms with Crippen LogP contribution in [0.25, 0.3) is 21.6 Å². The third-order valence-electron chi connectivity index (χ3n) is 11.5. The van der Waals surface area contributed by atoms with E-state index in [9.17, 15) is 41.1 Å². The van der Waals surface area contributed by atoms with Crippen LogP contribution in [0.1, 0.15) is 76.5 Å². The Morgan fingerprint density at radius 3 is 2.30 bits per heavy atom. The summed E-state index contributed by atoms with van der Waals surface area (Å²) in [6.45, 7) is 6.82. The van der Waals surface area contributed by atoms with E-state index in [0.717, 1.165) is 5.69 Å². The van der Waals surface area contributed by atoms with E-state index in [1.807, 2.05) is 19.2 Å². The zero-order valence-corrected chi connectivity index (χ0v) is 34.5. The van der Waals surface area contributed by atoms with Crippen molar-refractivity contribution < 1.29 is 64.1 Å². The van der Waals surface area contributed by atoms with Gasteiger partial charge in [0.1, 0.15) is 28.3 Å². The minimum atomic E-state index is -6.96. The molecule has 60 heavy (non-hydrogen) atoms. The number of esters is 1. The molecule has 326 valence electrons. The van der Waals surface area contributed by atoms with Crippen LogP contribution in [0.15, 0.2) is 35.7 Å². The average molecular weight is 871 g/mol. The van der Waals surface area contributed by atoms with Crippen molar-refractivity contribution in [3.8, 4) is 22.2 Å². The van der Waals surface area contributed by atoms with Crippen molar-refractivity contribution in [2.45, 2.75) is 102 Å². The number of nitrogens with zero attached hydrogens (tertiary/aromatic N) is 4. The fourth-order valence-electron chi connectivity index (χ4n) is 7.99. The number of aryl methyl sites for hydroxylation is 1. The number of imide groups is 1. The zero-order chi connectivity index (χ0) is 44.1. The fraction of sp³-hybridized carbons (Fsp3) is 0.561. The molecule has 3 aliphatic rings.